The number of halogens is 1. The lowest BCUT2D eigenvalue weighted by Crippen LogP contribution is -2.29. The molecular formula is C20H18ClNO2. The number of hydrogen-bond donors (Lipinski definition) is 1. The lowest BCUT2D eigenvalue weighted by atomic mass is 9.95. The molecule has 122 valence electrons. The quantitative estimate of drug-likeness (QED) is 0.888. The molecule has 0 saturated heterocycles. The van der Waals surface area contributed by atoms with Crippen LogP contribution in [0.4, 0.5) is 0 Å². The summed E-state index contributed by atoms with van der Waals surface area (Å²) < 4.78 is 0. The summed E-state index contributed by atoms with van der Waals surface area (Å²) in [5, 5.41) is 11.1. The minimum absolute atomic E-state index is 0.0497. The Morgan fingerprint density at radius 3 is 2.42 bits per heavy atom. The Morgan fingerprint density at radius 2 is 1.75 bits per heavy atom. The molecule has 2 aliphatic rings. The molecule has 3 nitrogen and oxygen atoms in total. The molecule has 1 saturated carbocycles. The monoisotopic (exact) mass is 339 g/mol. The van der Waals surface area contributed by atoms with Crippen molar-refractivity contribution in [1.29, 1.82) is 0 Å². The van der Waals surface area contributed by atoms with Gasteiger partial charge in [-0.05, 0) is 60.2 Å². The van der Waals surface area contributed by atoms with Crippen LogP contribution in [0.25, 0.3) is 16.7 Å². The van der Waals surface area contributed by atoms with Gasteiger partial charge in [0, 0.05) is 11.1 Å². The van der Waals surface area contributed by atoms with Crippen molar-refractivity contribution in [1.82, 2.24) is 4.90 Å². The van der Waals surface area contributed by atoms with Crippen molar-refractivity contribution in [2.75, 3.05) is 6.54 Å². The third-order valence-corrected chi connectivity index (χ3v) is 5.01. The molecule has 4 rings (SSSR count). The molecular weight excluding hydrogens is 322 g/mol. The van der Waals surface area contributed by atoms with Gasteiger partial charge in [-0.1, -0.05) is 35.9 Å². The molecule has 1 N–H and O–H groups in total. The van der Waals surface area contributed by atoms with Gasteiger partial charge in [0.15, 0.2) is 0 Å². The summed E-state index contributed by atoms with van der Waals surface area (Å²) in [5.41, 5.74) is 4.29. The summed E-state index contributed by atoms with van der Waals surface area (Å²) in [7, 11) is 0. The Labute approximate surface area is 146 Å². The van der Waals surface area contributed by atoms with Gasteiger partial charge in [-0.2, -0.15) is 0 Å². The molecule has 0 radical (unpaired) electrons. The van der Waals surface area contributed by atoms with Crippen molar-refractivity contribution in [2.45, 2.75) is 25.8 Å². The Kier molecular flexibility index (Phi) is 3.61. The lowest BCUT2D eigenvalue weighted by Gasteiger charge is -2.15. The van der Waals surface area contributed by atoms with E-state index in [0.29, 0.717) is 23.2 Å². The largest absolute Gasteiger partial charge is 0.510 e. The summed E-state index contributed by atoms with van der Waals surface area (Å²) >= 11 is 5.96. The zero-order chi connectivity index (χ0) is 16.8. The van der Waals surface area contributed by atoms with E-state index in [2.05, 4.69) is 0 Å². The van der Waals surface area contributed by atoms with Gasteiger partial charge in [-0.15, -0.1) is 0 Å². The molecule has 0 aromatic heterocycles. The first kappa shape index (κ1) is 15.3. The fourth-order valence-corrected chi connectivity index (χ4v) is 3.37. The van der Waals surface area contributed by atoms with Crippen LogP contribution in [0.5, 0.6) is 0 Å². The molecule has 1 fully saturated rings. The van der Waals surface area contributed by atoms with Crippen LogP contribution in [-0.4, -0.2) is 28.5 Å². The van der Waals surface area contributed by atoms with Crippen LogP contribution >= 0.6 is 11.6 Å². The molecule has 1 aliphatic carbocycles. The fraction of sp³-hybridized carbons (Fsp3) is 0.250. The molecule has 0 spiro atoms. The van der Waals surface area contributed by atoms with E-state index in [1.165, 1.54) is 0 Å². The number of benzene rings is 2. The predicted octanol–water partition coefficient (Wildman–Crippen LogP) is 4.59. The third kappa shape index (κ3) is 2.59. The number of aliphatic hydroxyl groups is 1. The first-order valence-electron chi connectivity index (χ1n) is 8.14. The van der Waals surface area contributed by atoms with Crippen LogP contribution in [0.2, 0.25) is 5.02 Å². The van der Waals surface area contributed by atoms with Gasteiger partial charge in [-0.25, -0.2) is 0 Å². The summed E-state index contributed by atoms with van der Waals surface area (Å²) in [5.74, 6) is 0.134. The third-order valence-electron chi connectivity index (χ3n) is 4.76. The van der Waals surface area contributed by atoms with E-state index in [1.807, 2.05) is 49.4 Å². The number of nitrogens with zero attached hydrogens (tertiary/aromatic N) is 1. The minimum atomic E-state index is -0.0497. The minimum Gasteiger partial charge on any atom is -0.510 e. The number of hydrogen-bond acceptors (Lipinski definition) is 2. The smallest absolute Gasteiger partial charge is 0.258 e. The van der Waals surface area contributed by atoms with E-state index in [4.69, 9.17) is 11.6 Å². The van der Waals surface area contributed by atoms with E-state index in [1.54, 1.807) is 4.90 Å². The molecule has 24 heavy (non-hydrogen) atoms. The molecule has 2 aromatic rings. The number of aryl methyl sites for hydroxylation is 1. The Balaban J connectivity index is 1.75. The van der Waals surface area contributed by atoms with Crippen LogP contribution in [0.15, 0.2) is 48.2 Å². The van der Waals surface area contributed by atoms with Gasteiger partial charge in [-0.3, -0.25) is 4.79 Å². The highest BCUT2D eigenvalue weighted by atomic mass is 35.5. The molecule has 0 atom stereocenters. The normalized spacial score (nSPS) is 17.8. The Hall–Kier alpha value is -2.26. The van der Waals surface area contributed by atoms with Crippen molar-refractivity contribution < 1.29 is 9.90 Å². The molecule has 1 amide bonds. The Morgan fingerprint density at radius 1 is 1.08 bits per heavy atom. The van der Waals surface area contributed by atoms with Gasteiger partial charge >= 0.3 is 0 Å². The maximum absolute atomic E-state index is 12.7. The molecule has 1 heterocycles. The standard InChI is InChI=1S/C20H18ClNO2/c1-12-2-3-14(13-4-6-15(21)7-5-13)10-17(12)19-18(23)11-22(20(19)24)16-8-9-16/h2-7,10,16,23H,8-9,11H2,1H3. The molecule has 0 bridgehead atoms. The highest BCUT2D eigenvalue weighted by Gasteiger charge is 2.40. The van der Waals surface area contributed by atoms with Crippen LogP contribution < -0.4 is 0 Å². The molecule has 4 heteroatoms. The van der Waals surface area contributed by atoms with Gasteiger partial charge in [0.1, 0.15) is 5.76 Å². The van der Waals surface area contributed by atoms with Crippen molar-refractivity contribution in [2.24, 2.45) is 0 Å². The number of amides is 1. The number of carbonyl (C=O) groups excluding carboxylic acids is 1. The van der Waals surface area contributed by atoms with Crippen LogP contribution in [0.1, 0.15) is 24.0 Å². The van der Waals surface area contributed by atoms with Crippen molar-refractivity contribution in [3.05, 3.63) is 64.4 Å². The van der Waals surface area contributed by atoms with E-state index >= 15 is 0 Å². The average molecular weight is 340 g/mol. The highest BCUT2D eigenvalue weighted by Crippen LogP contribution is 2.37. The summed E-state index contributed by atoms with van der Waals surface area (Å²) in [6, 6.07) is 13.9. The molecule has 0 unspecified atom stereocenters. The highest BCUT2D eigenvalue weighted by molar-refractivity contribution is 6.30. The van der Waals surface area contributed by atoms with Crippen molar-refractivity contribution in [3.63, 3.8) is 0 Å². The van der Waals surface area contributed by atoms with Crippen molar-refractivity contribution in [3.8, 4) is 11.1 Å². The fourth-order valence-electron chi connectivity index (χ4n) is 3.24. The second-order valence-electron chi connectivity index (χ2n) is 6.52. The van der Waals surface area contributed by atoms with Crippen molar-refractivity contribution >= 4 is 23.1 Å². The average Bonchev–Trinajstić information content (AvgIpc) is 3.36. The van der Waals surface area contributed by atoms with E-state index < -0.39 is 0 Å². The van der Waals surface area contributed by atoms with Crippen LogP contribution in [0.3, 0.4) is 0 Å². The second-order valence-corrected chi connectivity index (χ2v) is 6.96. The zero-order valence-corrected chi connectivity index (χ0v) is 14.2. The first-order valence-corrected chi connectivity index (χ1v) is 8.52. The molecule has 2 aromatic carbocycles. The Bertz CT molecular complexity index is 850. The van der Waals surface area contributed by atoms with Crippen LogP contribution in [-0.2, 0) is 4.79 Å². The van der Waals surface area contributed by atoms with Gasteiger partial charge in [0.25, 0.3) is 5.91 Å². The SMILES string of the molecule is Cc1ccc(-c2ccc(Cl)cc2)cc1C1=C(O)CN(C2CC2)C1=O. The maximum atomic E-state index is 12.7. The van der Waals surface area contributed by atoms with Gasteiger partial charge in [0.2, 0.25) is 0 Å². The molecule has 1 aliphatic heterocycles. The zero-order valence-electron chi connectivity index (χ0n) is 13.4. The van der Waals surface area contributed by atoms with Gasteiger partial charge < -0.3 is 10.0 Å². The maximum Gasteiger partial charge on any atom is 0.258 e. The topological polar surface area (TPSA) is 40.5 Å². The summed E-state index contributed by atoms with van der Waals surface area (Å²) in [4.78, 5) is 14.5. The number of aliphatic hydroxyl groups excluding tert-OH is 1. The van der Waals surface area contributed by atoms with Crippen LogP contribution in [0, 0.1) is 6.92 Å². The lowest BCUT2D eigenvalue weighted by molar-refractivity contribution is -0.124. The summed E-state index contributed by atoms with van der Waals surface area (Å²) in [6.45, 7) is 2.30. The van der Waals surface area contributed by atoms with E-state index in [-0.39, 0.29) is 11.7 Å². The first-order chi connectivity index (χ1) is 11.5. The predicted molar refractivity (Wildman–Crippen MR) is 95.9 cm³/mol. The number of carbonyl (C=O) groups is 1. The second kappa shape index (κ2) is 5.67. The van der Waals surface area contributed by atoms with Gasteiger partial charge in [0.05, 0.1) is 12.1 Å². The summed E-state index contributed by atoms with van der Waals surface area (Å²) in [6.07, 6.45) is 2.08. The number of rotatable bonds is 3. The van der Waals surface area contributed by atoms with E-state index in [9.17, 15) is 9.90 Å². The van der Waals surface area contributed by atoms with E-state index in [0.717, 1.165) is 35.1 Å².